The Hall–Kier alpha value is -1.51. The second-order valence-corrected chi connectivity index (χ2v) is 7.81. The number of aromatic nitrogens is 2. The maximum absolute atomic E-state index is 12.2. The molecule has 0 fully saturated rings. The predicted molar refractivity (Wildman–Crippen MR) is 87.6 cm³/mol. The van der Waals surface area contributed by atoms with Crippen LogP contribution in [0.25, 0.3) is 11.3 Å². The summed E-state index contributed by atoms with van der Waals surface area (Å²) >= 11 is 1.14. The quantitative estimate of drug-likeness (QED) is 0.872. The Labute approximate surface area is 133 Å². The fraction of sp³-hybridized carbons (Fsp3) is 0.429. The zero-order valence-corrected chi connectivity index (χ0v) is 14.4. The van der Waals surface area contributed by atoms with Gasteiger partial charge in [0.2, 0.25) is 10.0 Å². The lowest BCUT2D eigenvalue weighted by Crippen LogP contribution is -2.31. The van der Waals surface area contributed by atoms with Crippen molar-refractivity contribution in [3.63, 3.8) is 0 Å². The summed E-state index contributed by atoms with van der Waals surface area (Å²) in [4.78, 5) is 11.5. The van der Waals surface area contributed by atoms with E-state index < -0.39 is 10.0 Å². The lowest BCUT2D eigenvalue weighted by atomic mass is 10.2. The Kier molecular flexibility index (Phi) is 5.15. The number of rotatable bonds is 6. The van der Waals surface area contributed by atoms with E-state index in [1.54, 1.807) is 17.5 Å². The molecule has 120 valence electrons. The van der Waals surface area contributed by atoms with Gasteiger partial charge >= 0.3 is 0 Å². The SMILES string of the molecule is CCC(C)NS(=O)(=O)c1cc(-c2ccc(=O)n(CC)n2)cs1. The van der Waals surface area contributed by atoms with E-state index in [9.17, 15) is 13.2 Å². The normalized spacial score (nSPS) is 13.2. The summed E-state index contributed by atoms with van der Waals surface area (Å²) < 4.78 is 28.7. The maximum Gasteiger partial charge on any atom is 0.266 e. The minimum absolute atomic E-state index is 0.115. The van der Waals surface area contributed by atoms with Gasteiger partial charge in [0.05, 0.1) is 5.69 Å². The highest BCUT2D eigenvalue weighted by Gasteiger charge is 2.19. The molecule has 0 radical (unpaired) electrons. The van der Waals surface area contributed by atoms with Crippen molar-refractivity contribution in [2.75, 3.05) is 0 Å². The van der Waals surface area contributed by atoms with Crippen molar-refractivity contribution in [2.45, 2.75) is 44.0 Å². The Bertz CT molecular complexity index is 809. The van der Waals surface area contributed by atoms with Crippen molar-refractivity contribution in [1.29, 1.82) is 0 Å². The molecule has 22 heavy (non-hydrogen) atoms. The van der Waals surface area contributed by atoms with E-state index in [-0.39, 0.29) is 15.8 Å². The van der Waals surface area contributed by atoms with Gasteiger partial charge < -0.3 is 0 Å². The molecule has 2 heterocycles. The zero-order chi connectivity index (χ0) is 16.3. The Balaban J connectivity index is 2.34. The van der Waals surface area contributed by atoms with Crippen LogP contribution in [0.4, 0.5) is 0 Å². The van der Waals surface area contributed by atoms with E-state index in [0.717, 1.165) is 17.8 Å². The maximum atomic E-state index is 12.2. The van der Waals surface area contributed by atoms with Gasteiger partial charge in [0.1, 0.15) is 4.21 Å². The number of sulfonamides is 1. The van der Waals surface area contributed by atoms with E-state index in [0.29, 0.717) is 17.8 Å². The van der Waals surface area contributed by atoms with E-state index in [2.05, 4.69) is 9.82 Å². The first-order valence-corrected chi connectivity index (χ1v) is 9.43. The molecular formula is C14H19N3O3S2. The summed E-state index contributed by atoms with van der Waals surface area (Å²) in [7, 11) is -3.51. The minimum Gasteiger partial charge on any atom is -0.268 e. The van der Waals surface area contributed by atoms with E-state index in [1.807, 2.05) is 20.8 Å². The van der Waals surface area contributed by atoms with Crippen LogP contribution in [-0.4, -0.2) is 24.2 Å². The monoisotopic (exact) mass is 341 g/mol. The van der Waals surface area contributed by atoms with Crippen LogP contribution >= 0.6 is 11.3 Å². The van der Waals surface area contributed by atoms with Crippen molar-refractivity contribution in [3.05, 3.63) is 33.9 Å². The van der Waals surface area contributed by atoms with Gasteiger partial charge in [-0.3, -0.25) is 4.79 Å². The highest BCUT2D eigenvalue weighted by molar-refractivity contribution is 7.91. The minimum atomic E-state index is -3.51. The summed E-state index contributed by atoms with van der Waals surface area (Å²) in [5, 5.41) is 5.96. The Morgan fingerprint density at radius 2 is 2.09 bits per heavy atom. The van der Waals surface area contributed by atoms with Crippen LogP contribution in [0, 0.1) is 0 Å². The van der Waals surface area contributed by atoms with Crippen LogP contribution in [0.5, 0.6) is 0 Å². The van der Waals surface area contributed by atoms with E-state index in [4.69, 9.17) is 0 Å². The number of nitrogens with one attached hydrogen (secondary N) is 1. The molecule has 2 aromatic heterocycles. The molecule has 2 aromatic rings. The number of thiophene rings is 1. The molecule has 8 heteroatoms. The van der Waals surface area contributed by atoms with Gasteiger partial charge in [-0.15, -0.1) is 11.3 Å². The standard InChI is InChI=1S/C14H19N3O3S2/c1-4-10(3)16-22(19,20)14-8-11(9-21-14)12-6-7-13(18)17(5-2)15-12/h6-10,16H,4-5H2,1-3H3. The molecule has 0 aliphatic carbocycles. The molecular weight excluding hydrogens is 322 g/mol. The van der Waals surface area contributed by atoms with Gasteiger partial charge in [-0.2, -0.15) is 5.10 Å². The summed E-state index contributed by atoms with van der Waals surface area (Å²) in [6.07, 6.45) is 0.723. The summed E-state index contributed by atoms with van der Waals surface area (Å²) in [5.41, 5.74) is 1.10. The number of hydrogen-bond acceptors (Lipinski definition) is 5. The van der Waals surface area contributed by atoms with Crippen LogP contribution in [-0.2, 0) is 16.6 Å². The third-order valence-electron chi connectivity index (χ3n) is 3.27. The van der Waals surface area contributed by atoms with Crippen molar-refractivity contribution in [1.82, 2.24) is 14.5 Å². The number of hydrogen-bond donors (Lipinski definition) is 1. The molecule has 1 atom stereocenters. The number of nitrogens with zero attached hydrogens (tertiary/aromatic N) is 2. The average molecular weight is 341 g/mol. The van der Waals surface area contributed by atoms with Gasteiger partial charge in [0.15, 0.2) is 0 Å². The van der Waals surface area contributed by atoms with Gasteiger partial charge in [-0.25, -0.2) is 17.8 Å². The second-order valence-electron chi connectivity index (χ2n) is 4.96. The smallest absolute Gasteiger partial charge is 0.266 e. The highest BCUT2D eigenvalue weighted by atomic mass is 32.2. The molecule has 1 N–H and O–H groups in total. The molecule has 0 aliphatic rings. The van der Waals surface area contributed by atoms with Gasteiger partial charge in [0.25, 0.3) is 5.56 Å². The topological polar surface area (TPSA) is 81.1 Å². The van der Waals surface area contributed by atoms with Crippen molar-refractivity contribution < 1.29 is 8.42 Å². The fourth-order valence-electron chi connectivity index (χ4n) is 1.83. The molecule has 0 amide bonds. The summed E-state index contributed by atoms with van der Waals surface area (Å²) in [5.74, 6) is 0. The van der Waals surface area contributed by atoms with Crippen LogP contribution in [0.3, 0.4) is 0 Å². The number of aryl methyl sites for hydroxylation is 1. The molecule has 6 nitrogen and oxygen atoms in total. The molecule has 0 aliphatic heterocycles. The third-order valence-corrected chi connectivity index (χ3v) is 6.30. The van der Waals surface area contributed by atoms with E-state index >= 15 is 0 Å². The van der Waals surface area contributed by atoms with Crippen LogP contribution in [0.1, 0.15) is 27.2 Å². The zero-order valence-electron chi connectivity index (χ0n) is 12.7. The lowest BCUT2D eigenvalue weighted by molar-refractivity contribution is 0.558. The predicted octanol–water partition coefficient (Wildman–Crippen LogP) is 2.07. The summed E-state index contributed by atoms with van der Waals surface area (Å²) in [6.45, 7) is 6.05. The van der Waals surface area contributed by atoms with Crippen LogP contribution in [0.15, 0.2) is 32.6 Å². The molecule has 2 rings (SSSR count). The van der Waals surface area contributed by atoms with Crippen LogP contribution < -0.4 is 10.3 Å². The van der Waals surface area contributed by atoms with E-state index in [1.165, 1.54) is 10.7 Å². The highest BCUT2D eigenvalue weighted by Crippen LogP contribution is 2.27. The molecule has 0 saturated carbocycles. The third kappa shape index (κ3) is 3.63. The molecule has 0 saturated heterocycles. The Morgan fingerprint density at radius 3 is 2.73 bits per heavy atom. The first-order valence-electron chi connectivity index (χ1n) is 7.06. The van der Waals surface area contributed by atoms with Gasteiger partial charge in [-0.1, -0.05) is 6.92 Å². The fourth-order valence-corrected chi connectivity index (χ4v) is 4.34. The van der Waals surface area contributed by atoms with Gasteiger partial charge in [0, 0.05) is 29.6 Å². The second kappa shape index (κ2) is 6.72. The molecule has 0 spiro atoms. The molecule has 0 bridgehead atoms. The molecule has 1 unspecified atom stereocenters. The first kappa shape index (κ1) is 16.9. The van der Waals surface area contributed by atoms with Gasteiger partial charge in [-0.05, 0) is 32.4 Å². The first-order chi connectivity index (χ1) is 10.4. The Morgan fingerprint density at radius 1 is 1.36 bits per heavy atom. The van der Waals surface area contributed by atoms with Crippen molar-refractivity contribution in [3.8, 4) is 11.3 Å². The largest absolute Gasteiger partial charge is 0.268 e. The van der Waals surface area contributed by atoms with Crippen molar-refractivity contribution >= 4 is 21.4 Å². The average Bonchev–Trinajstić information content (AvgIpc) is 2.98. The van der Waals surface area contributed by atoms with Crippen molar-refractivity contribution in [2.24, 2.45) is 0 Å². The lowest BCUT2D eigenvalue weighted by Gasteiger charge is -2.10. The van der Waals surface area contributed by atoms with Crippen LogP contribution in [0.2, 0.25) is 0 Å². The summed E-state index contributed by atoms with van der Waals surface area (Å²) in [6, 6.07) is 4.52. The molecule has 0 aromatic carbocycles.